The number of nitrogens with one attached hydrogen (secondary N) is 1. The van der Waals surface area contributed by atoms with Crippen LogP contribution in [0, 0.1) is 12.7 Å². The van der Waals surface area contributed by atoms with E-state index in [-0.39, 0.29) is 11.9 Å². The zero-order valence-corrected chi connectivity index (χ0v) is 12.0. The molecule has 0 spiro atoms. The van der Waals surface area contributed by atoms with E-state index in [0.717, 1.165) is 12.0 Å². The highest BCUT2D eigenvalue weighted by Gasteiger charge is 2.17. The van der Waals surface area contributed by atoms with Crippen LogP contribution in [0.2, 0.25) is 0 Å². The lowest BCUT2D eigenvalue weighted by Crippen LogP contribution is -2.20. The first-order chi connectivity index (χ1) is 9.22. The second-order valence-electron chi connectivity index (χ2n) is 5.45. The summed E-state index contributed by atoms with van der Waals surface area (Å²) < 4.78 is 13.2. The van der Waals surface area contributed by atoms with Crippen LogP contribution in [0.25, 0.3) is 0 Å². The van der Waals surface area contributed by atoms with E-state index in [1.54, 1.807) is 12.1 Å². The highest BCUT2D eigenvalue weighted by atomic mass is 19.1. The lowest BCUT2D eigenvalue weighted by molar-refractivity contribution is 0.570. The molecule has 0 radical (unpaired) electrons. The van der Waals surface area contributed by atoms with Crippen molar-refractivity contribution in [3.63, 3.8) is 0 Å². The van der Waals surface area contributed by atoms with E-state index in [4.69, 9.17) is 0 Å². The molecule has 0 aliphatic heterocycles. The Bertz CT molecular complexity index is 451. The number of likely N-dealkylation sites (N-methyl/N-ethyl adjacent to an activating group) is 1. The Morgan fingerprint density at radius 1 is 1.16 bits per heavy atom. The van der Waals surface area contributed by atoms with Gasteiger partial charge in [-0.2, -0.15) is 0 Å². The van der Waals surface area contributed by atoms with E-state index >= 15 is 0 Å². The fourth-order valence-corrected chi connectivity index (χ4v) is 2.98. The van der Waals surface area contributed by atoms with E-state index < -0.39 is 0 Å². The van der Waals surface area contributed by atoms with Gasteiger partial charge in [0.2, 0.25) is 0 Å². The lowest BCUT2D eigenvalue weighted by atomic mass is 9.89. The van der Waals surface area contributed by atoms with Gasteiger partial charge >= 0.3 is 0 Å². The number of allylic oxidation sites excluding steroid dienone is 1. The maximum absolute atomic E-state index is 13.2. The van der Waals surface area contributed by atoms with Gasteiger partial charge < -0.3 is 5.32 Å². The van der Waals surface area contributed by atoms with Gasteiger partial charge in [-0.3, -0.25) is 0 Å². The summed E-state index contributed by atoms with van der Waals surface area (Å²) in [5, 5.41) is 3.41. The third kappa shape index (κ3) is 3.66. The molecule has 1 aromatic rings. The second-order valence-corrected chi connectivity index (χ2v) is 5.45. The van der Waals surface area contributed by atoms with Gasteiger partial charge in [-0.25, -0.2) is 4.39 Å². The first-order valence-corrected chi connectivity index (χ1v) is 7.34. The number of hydrogen-bond acceptors (Lipinski definition) is 1. The highest BCUT2D eigenvalue weighted by Crippen LogP contribution is 2.30. The molecule has 1 aliphatic carbocycles. The predicted molar refractivity (Wildman–Crippen MR) is 78.7 cm³/mol. The number of hydrogen-bond donors (Lipinski definition) is 1. The lowest BCUT2D eigenvalue weighted by Gasteiger charge is -2.24. The minimum absolute atomic E-state index is 0.150. The fraction of sp³-hybridized carbons (Fsp3) is 0.529. The zero-order chi connectivity index (χ0) is 13.7. The van der Waals surface area contributed by atoms with Crippen LogP contribution in [0.5, 0.6) is 0 Å². The summed E-state index contributed by atoms with van der Waals surface area (Å²) >= 11 is 0. The van der Waals surface area contributed by atoms with Gasteiger partial charge in [0.25, 0.3) is 0 Å². The van der Waals surface area contributed by atoms with Crippen molar-refractivity contribution < 1.29 is 4.39 Å². The largest absolute Gasteiger partial charge is 0.310 e. The van der Waals surface area contributed by atoms with E-state index in [1.165, 1.54) is 43.2 Å². The van der Waals surface area contributed by atoms with E-state index in [9.17, 15) is 4.39 Å². The summed E-state index contributed by atoms with van der Waals surface area (Å²) in [4.78, 5) is 0. The molecular formula is C17H24FN. The molecule has 1 N–H and O–H groups in total. The average molecular weight is 261 g/mol. The SMILES string of the molecule is CNC(/C1=C/CCCCCC1)c1ccc(F)cc1C. The van der Waals surface area contributed by atoms with Crippen molar-refractivity contribution in [2.75, 3.05) is 7.05 Å². The normalized spacial score (nSPS) is 21.1. The van der Waals surface area contributed by atoms with Crippen molar-refractivity contribution in [1.82, 2.24) is 5.32 Å². The molecule has 2 heteroatoms. The molecule has 0 heterocycles. The van der Waals surface area contributed by atoms with Crippen LogP contribution in [-0.4, -0.2) is 7.05 Å². The minimum atomic E-state index is -0.150. The molecule has 0 amide bonds. The number of halogens is 1. The maximum atomic E-state index is 13.2. The monoisotopic (exact) mass is 261 g/mol. The summed E-state index contributed by atoms with van der Waals surface area (Å²) in [6, 6.07) is 5.35. The molecule has 0 saturated heterocycles. The Hall–Kier alpha value is -1.15. The van der Waals surface area contributed by atoms with Crippen molar-refractivity contribution in [2.24, 2.45) is 0 Å². The molecule has 1 atom stereocenters. The van der Waals surface area contributed by atoms with Gasteiger partial charge in [0.15, 0.2) is 0 Å². The third-order valence-electron chi connectivity index (χ3n) is 4.03. The summed E-state index contributed by atoms with van der Waals surface area (Å²) in [7, 11) is 1.99. The van der Waals surface area contributed by atoms with Gasteiger partial charge in [-0.15, -0.1) is 0 Å². The molecule has 0 saturated carbocycles. The molecule has 1 nitrogen and oxygen atoms in total. The Balaban J connectivity index is 2.27. The standard InChI is InChI=1S/C17H24FN/c1-13-12-15(18)10-11-16(13)17(19-2)14-8-6-4-3-5-7-9-14/h8,10-12,17,19H,3-7,9H2,1-2H3/b14-8+. The van der Waals surface area contributed by atoms with Crippen molar-refractivity contribution in [1.29, 1.82) is 0 Å². The van der Waals surface area contributed by atoms with Crippen LogP contribution in [-0.2, 0) is 0 Å². The zero-order valence-electron chi connectivity index (χ0n) is 12.0. The van der Waals surface area contributed by atoms with Crippen molar-refractivity contribution in [3.05, 3.63) is 46.8 Å². The maximum Gasteiger partial charge on any atom is 0.123 e. The third-order valence-corrected chi connectivity index (χ3v) is 4.03. The predicted octanol–water partition coefficient (Wildman–Crippen LogP) is 4.68. The quantitative estimate of drug-likeness (QED) is 0.779. The Labute approximate surface area is 115 Å². The van der Waals surface area contributed by atoms with Crippen molar-refractivity contribution in [2.45, 2.75) is 51.5 Å². The van der Waals surface area contributed by atoms with Gasteiger partial charge in [0, 0.05) is 0 Å². The average Bonchev–Trinajstić information content (AvgIpc) is 2.34. The molecule has 2 rings (SSSR count). The van der Waals surface area contributed by atoms with Gasteiger partial charge in [0.1, 0.15) is 5.82 Å². The van der Waals surface area contributed by atoms with E-state index in [2.05, 4.69) is 11.4 Å². The molecule has 1 unspecified atom stereocenters. The van der Waals surface area contributed by atoms with Crippen LogP contribution in [0.1, 0.15) is 55.7 Å². The van der Waals surface area contributed by atoms with Gasteiger partial charge in [-0.05, 0) is 62.9 Å². The van der Waals surface area contributed by atoms with Crippen LogP contribution in [0.4, 0.5) is 4.39 Å². The topological polar surface area (TPSA) is 12.0 Å². The Kier molecular flexibility index (Phi) is 5.15. The Morgan fingerprint density at radius 3 is 2.68 bits per heavy atom. The number of aryl methyl sites for hydroxylation is 1. The van der Waals surface area contributed by atoms with E-state index in [1.807, 2.05) is 20.0 Å². The minimum Gasteiger partial charge on any atom is -0.310 e. The first-order valence-electron chi connectivity index (χ1n) is 7.34. The van der Waals surface area contributed by atoms with Crippen LogP contribution < -0.4 is 5.32 Å². The summed E-state index contributed by atoms with van der Waals surface area (Å²) in [5.74, 6) is -0.150. The van der Waals surface area contributed by atoms with Crippen molar-refractivity contribution >= 4 is 0 Å². The summed E-state index contributed by atoms with van der Waals surface area (Å²) in [5.41, 5.74) is 3.70. The molecule has 0 aromatic heterocycles. The first kappa shape index (κ1) is 14.3. The van der Waals surface area contributed by atoms with Crippen LogP contribution in [0.3, 0.4) is 0 Å². The number of benzene rings is 1. The molecule has 1 aromatic carbocycles. The van der Waals surface area contributed by atoms with Gasteiger partial charge in [0.05, 0.1) is 6.04 Å². The number of rotatable bonds is 3. The van der Waals surface area contributed by atoms with Gasteiger partial charge in [-0.1, -0.05) is 30.6 Å². The molecule has 0 bridgehead atoms. The molecule has 1 aliphatic rings. The van der Waals surface area contributed by atoms with Crippen LogP contribution in [0.15, 0.2) is 29.8 Å². The van der Waals surface area contributed by atoms with Crippen molar-refractivity contribution in [3.8, 4) is 0 Å². The smallest absolute Gasteiger partial charge is 0.123 e. The Morgan fingerprint density at radius 2 is 1.95 bits per heavy atom. The summed E-state index contributed by atoms with van der Waals surface area (Å²) in [6.07, 6.45) is 9.96. The second kappa shape index (κ2) is 6.85. The molecule has 19 heavy (non-hydrogen) atoms. The summed E-state index contributed by atoms with van der Waals surface area (Å²) in [6.45, 7) is 1.99. The van der Waals surface area contributed by atoms with E-state index in [0.29, 0.717) is 0 Å². The van der Waals surface area contributed by atoms with Crippen LogP contribution >= 0.6 is 0 Å². The molecule has 0 fully saturated rings. The fourth-order valence-electron chi connectivity index (χ4n) is 2.98. The highest BCUT2D eigenvalue weighted by molar-refractivity contribution is 5.35. The molecule has 104 valence electrons. The molecular weight excluding hydrogens is 237 g/mol.